The molecule has 18 valence electrons. The zero-order chi connectivity index (χ0) is 2.00. The molecule has 0 heterocycles. The summed E-state index contributed by atoms with van der Waals surface area (Å²) < 4.78 is 8.28. The van der Waals surface area contributed by atoms with E-state index in [0.717, 1.165) is 0 Å². The van der Waals surface area contributed by atoms with E-state index in [9.17, 15) is 0 Å². The van der Waals surface area contributed by atoms with Crippen LogP contribution in [0.2, 0.25) is 0 Å². The van der Waals surface area contributed by atoms with Crippen molar-refractivity contribution in [3.8, 4) is 0 Å². The Kier molecular flexibility index (Phi) is 65.1. The normalized spacial score (nSPS) is 0.750. The third kappa shape index (κ3) is 8.91. The molecule has 0 aliphatic carbocycles. The van der Waals surface area contributed by atoms with Crippen molar-refractivity contribution in [2.24, 2.45) is 0 Å². The maximum absolute atomic E-state index is 8.28. The molecule has 0 saturated heterocycles. The Morgan fingerprint density at radius 1 is 1.25 bits per heavy atom. The van der Waals surface area contributed by atoms with Gasteiger partial charge in [-0.05, 0) is 0 Å². The first kappa shape index (κ1) is 15.7. The van der Waals surface area contributed by atoms with Crippen molar-refractivity contribution in [1.29, 1.82) is 0 Å². The Morgan fingerprint density at radius 2 is 1.25 bits per heavy atom. The van der Waals surface area contributed by atoms with E-state index in [4.69, 9.17) is 3.80 Å². The molecule has 0 rings (SSSR count). The van der Waals surface area contributed by atoms with Crippen molar-refractivity contribution in [1.82, 2.24) is 0 Å². The first-order chi connectivity index (χ1) is 1.00. The van der Waals surface area contributed by atoms with Gasteiger partial charge in [-0.1, -0.05) is 0 Å². The predicted octanol–water partition coefficient (Wildman–Crippen LogP) is -2.60. The molecule has 1 nitrogen and oxygen atoms in total. The molecule has 0 aromatic heterocycles. The minimum absolute atomic E-state index is 0. The fourth-order valence-electron chi connectivity index (χ4n) is 0. The molecule has 0 amide bonds. The fourth-order valence-corrected chi connectivity index (χ4v) is 0. The molecule has 4 heteroatoms. The second-order valence-corrected chi connectivity index (χ2v) is 0. The summed E-state index contributed by atoms with van der Waals surface area (Å²) in [4.78, 5) is 0. The van der Waals surface area contributed by atoms with Crippen LogP contribution in [-0.4, -0.2) is 99.4 Å². The number of hydrogen-bond acceptors (Lipinski definition) is 1. The topological polar surface area (TPSA) is 17.1 Å². The third-order valence-electron chi connectivity index (χ3n) is 0. The van der Waals surface area contributed by atoms with Crippen molar-refractivity contribution in [2.75, 3.05) is 0 Å². The second-order valence-electron chi connectivity index (χ2n) is 0. The molecule has 0 unspecified atom stereocenters. The molecule has 0 fully saturated rings. The van der Waals surface area contributed by atoms with Crippen molar-refractivity contribution >= 4 is 99.4 Å². The van der Waals surface area contributed by atoms with Gasteiger partial charge in [0.2, 0.25) is 0 Å². The summed E-state index contributed by atoms with van der Waals surface area (Å²) in [6.45, 7) is 0. The van der Waals surface area contributed by atoms with Gasteiger partial charge in [0.15, 0.2) is 0 Å². The summed E-state index contributed by atoms with van der Waals surface area (Å²) in [5.41, 5.74) is 0. The van der Waals surface area contributed by atoms with Crippen molar-refractivity contribution in [3.05, 3.63) is 0 Å². The average Bonchev–Trinajstić information content (AvgIpc) is 1.00. The average molecular weight is 176 g/mol. The van der Waals surface area contributed by atoms with Gasteiger partial charge in [-0.15, -0.1) is 0 Å². The summed E-state index contributed by atoms with van der Waals surface area (Å²) in [6, 6.07) is 0. The molecule has 0 atom stereocenters. The Morgan fingerprint density at radius 3 is 1.25 bits per heavy atom. The standard InChI is InChI=1S/Al.Ca.O.Sr.5H. The van der Waals surface area contributed by atoms with Gasteiger partial charge in [-0.25, -0.2) is 0 Å². The molecule has 0 saturated carbocycles. The number of rotatable bonds is 0. The van der Waals surface area contributed by atoms with E-state index in [2.05, 4.69) is 0 Å². The van der Waals surface area contributed by atoms with E-state index in [0.29, 0.717) is 16.2 Å². The molecule has 0 aromatic carbocycles. The molecular formula is H5AlCaOSr. The molecule has 0 N–H and O–H groups in total. The van der Waals surface area contributed by atoms with E-state index < -0.39 is 0 Å². The van der Waals surface area contributed by atoms with E-state index in [-0.39, 0.29) is 83.2 Å². The van der Waals surface area contributed by atoms with Gasteiger partial charge >= 0.3 is 103 Å². The molecule has 0 aromatic rings. The second kappa shape index (κ2) is 16.6. The van der Waals surface area contributed by atoms with Crippen LogP contribution in [0.5, 0.6) is 0 Å². The van der Waals surface area contributed by atoms with Crippen molar-refractivity contribution in [2.45, 2.75) is 0 Å². The van der Waals surface area contributed by atoms with Crippen LogP contribution >= 0.6 is 0 Å². The van der Waals surface area contributed by atoms with E-state index in [1.54, 1.807) is 0 Å². The van der Waals surface area contributed by atoms with Crippen LogP contribution in [-0.2, 0) is 3.80 Å². The molecule has 0 aliphatic heterocycles. The van der Waals surface area contributed by atoms with Crippen LogP contribution in [0.15, 0.2) is 0 Å². The quantitative estimate of drug-likeness (QED) is 0.369. The van der Waals surface area contributed by atoms with Crippen LogP contribution in [0.25, 0.3) is 0 Å². The van der Waals surface area contributed by atoms with Crippen LogP contribution in [0.3, 0.4) is 0 Å². The number of hydrogen-bond donors (Lipinski definition) is 0. The molecule has 0 bridgehead atoms. The summed E-state index contributed by atoms with van der Waals surface area (Å²) in [6.07, 6.45) is 0. The van der Waals surface area contributed by atoms with Gasteiger partial charge < -0.3 is 0 Å². The maximum atomic E-state index is 8.28. The van der Waals surface area contributed by atoms with Gasteiger partial charge in [0.05, 0.1) is 0 Å². The molecule has 4 heavy (non-hydrogen) atoms. The Bertz CT molecular complexity index is 8.00. The summed E-state index contributed by atoms with van der Waals surface area (Å²) in [5, 5.41) is 0. The van der Waals surface area contributed by atoms with E-state index >= 15 is 0 Å². The Labute approximate surface area is 100 Å². The van der Waals surface area contributed by atoms with Crippen LogP contribution in [0, 0.1) is 0 Å². The van der Waals surface area contributed by atoms with E-state index in [1.807, 2.05) is 0 Å². The van der Waals surface area contributed by atoms with Crippen LogP contribution in [0.4, 0.5) is 0 Å². The van der Waals surface area contributed by atoms with Gasteiger partial charge in [-0.2, -0.15) is 0 Å². The molecule has 0 aliphatic rings. The van der Waals surface area contributed by atoms with Gasteiger partial charge in [0.1, 0.15) is 0 Å². The minimum atomic E-state index is 0. The van der Waals surface area contributed by atoms with Crippen molar-refractivity contribution < 1.29 is 3.80 Å². The summed E-state index contributed by atoms with van der Waals surface area (Å²) in [7, 11) is 0. The van der Waals surface area contributed by atoms with E-state index in [1.165, 1.54) is 0 Å². The monoisotopic (exact) mass is 176 g/mol. The Hall–Kier alpha value is 3.07. The molecular weight excluding hydrogens is 171 g/mol. The zero-order valence-corrected chi connectivity index (χ0v) is 2.53. The predicted molar refractivity (Wildman–Crippen MR) is 24.9 cm³/mol. The van der Waals surface area contributed by atoms with Gasteiger partial charge in [0.25, 0.3) is 0 Å². The summed E-state index contributed by atoms with van der Waals surface area (Å²) >= 11 is 0.611. The first-order valence-electron chi connectivity index (χ1n) is 0.289. The van der Waals surface area contributed by atoms with Gasteiger partial charge in [0, 0.05) is 0 Å². The van der Waals surface area contributed by atoms with Gasteiger partial charge in [-0.3, -0.25) is 0 Å². The first-order valence-corrected chi connectivity index (χ1v) is 0.866. The zero-order valence-electron chi connectivity index (χ0n) is 1.12. The molecule has 0 radical (unpaired) electrons. The van der Waals surface area contributed by atoms with Crippen LogP contribution in [0.1, 0.15) is 0 Å². The van der Waals surface area contributed by atoms with Crippen molar-refractivity contribution in [3.63, 3.8) is 0 Å². The molecule has 0 spiro atoms. The summed E-state index contributed by atoms with van der Waals surface area (Å²) in [5.74, 6) is 0. The SMILES string of the molecule is [CaH2].[O]=[AlH].[SrH2]. The Balaban J connectivity index is -0.00000000500. The van der Waals surface area contributed by atoms with Crippen LogP contribution < -0.4 is 0 Å². The third-order valence-corrected chi connectivity index (χ3v) is 0. The fraction of sp³-hybridized carbons (Fsp3) is 0.